The zero-order valence-corrected chi connectivity index (χ0v) is 7.69. The molecule has 0 fully saturated rings. The van der Waals surface area contributed by atoms with Gasteiger partial charge in [-0.3, -0.25) is 0 Å². The van der Waals surface area contributed by atoms with Crippen LogP contribution in [0.15, 0.2) is 12.7 Å². The Balaban J connectivity index is 3.32. The second-order valence-corrected chi connectivity index (χ2v) is 2.66. The number of nitrogens with one attached hydrogen (secondary N) is 2. The van der Waals surface area contributed by atoms with Gasteiger partial charge < -0.3 is 10.6 Å². The molecule has 0 spiro atoms. The lowest BCUT2D eigenvalue weighted by molar-refractivity contribution is 0.490. The molecule has 0 heterocycles. The summed E-state index contributed by atoms with van der Waals surface area (Å²) >= 11 is 0. The van der Waals surface area contributed by atoms with Crippen molar-refractivity contribution in [3.05, 3.63) is 12.7 Å². The minimum atomic E-state index is 0.591. The van der Waals surface area contributed by atoms with E-state index in [0.717, 1.165) is 19.5 Å². The smallest absolute Gasteiger partial charge is 0.0192 e. The van der Waals surface area contributed by atoms with E-state index in [0.29, 0.717) is 6.04 Å². The monoisotopic (exact) mass is 156 g/mol. The van der Waals surface area contributed by atoms with Crippen LogP contribution in [0.2, 0.25) is 0 Å². The molecule has 66 valence electrons. The van der Waals surface area contributed by atoms with Crippen LogP contribution in [0.5, 0.6) is 0 Å². The standard InChI is InChI=1S/C9H20N2/c1-4-6-7-9(10-3)8-11-5-2/h4,9-11H,1,5-8H2,2-3H3. The predicted octanol–water partition coefficient (Wildman–Crippen LogP) is 1.15. The van der Waals surface area contributed by atoms with Crippen LogP contribution in [0.1, 0.15) is 19.8 Å². The number of hydrogen-bond donors (Lipinski definition) is 2. The van der Waals surface area contributed by atoms with Crippen molar-refractivity contribution >= 4 is 0 Å². The molecule has 2 N–H and O–H groups in total. The van der Waals surface area contributed by atoms with Crippen LogP contribution < -0.4 is 10.6 Å². The van der Waals surface area contributed by atoms with Crippen LogP contribution in [-0.4, -0.2) is 26.2 Å². The van der Waals surface area contributed by atoms with Crippen molar-refractivity contribution in [2.75, 3.05) is 20.1 Å². The van der Waals surface area contributed by atoms with Crippen molar-refractivity contribution in [2.45, 2.75) is 25.8 Å². The highest BCUT2D eigenvalue weighted by atomic mass is 15.0. The van der Waals surface area contributed by atoms with Crippen molar-refractivity contribution in [2.24, 2.45) is 0 Å². The van der Waals surface area contributed by atoms with Gasteiger partial charge in [-0.05, 0) is 26.4 Å². The zero-order valence-electron chi connectivity index (χ0n) is 7.69. The summed E-state index contributed by atoms with van der Waals surface area (Å²) in [7, 11) is 2.01. The fourth-order valence-corrected chi connectivity index (χ4v) is 0.986. The van der Waals surface area contributed by atoms with Crippen molar-refractivity contribution < 1.29 is 0 Å². The third kappa shape index (κ3) is 6.07. The van der Waals surface area contributed by atoms with Gasteiger partial charge in [0.25, 0.3) is 0 Å². The van der Waals surface area contributed by atoms with Crippen molar-refractivity contribution in [1.29, 1.82) is 0 Å². The summed E-state index contributed by atoms with van der Waals surface area (Å²) in [6.07, 6.45) is 4.24. The first-order valence-electron chi connectivity index (χ1n) is 4.34. The van der Waals surface area contributed by atoms with Crippen LogP contribution >= 0.6 is 0 Å². The molecule has 0 aromatic rings. The summed E-state index contributed by atoms with van der Waals surface area (Å²) in [4.78, 5) is 0. The van der Waals surface area contributed by atoms with Gasteiger partial charge in [-0.2, -0.15) is 0 Å². The van der Waals surface area contributed by atoms with Gasteiger partial charge in [-0.25, -0.2) is 0 Å². The lowest BCUT2D eigenvalue weighted by atomic mass is 10.1. The molecule has 0 aromatic heterocycles. The van der Waals surface area contributed by atoms with E-state index in [1.165, 1.54) is 6.42 Å². The molecule has 2 nitrogen and oxygen atoms in total. The fourth-order valence-electron chi connectivity index (χ4n) is 0.986. The Labute approximate surface area is 70.1 Å². The van der Waals surface area contributed by atoms with E-state index in [1.807, 2.05) is 13.1 Å². The molecular weight excluding hydrogens is 136 g/mol. The molecule has 0 radical (unpaired) electrons. The Bertz CT molecular complexity index is 91.6. The Morgan fingerprint density at radius 3 is 2.73 bits per heavy atom. The predicted molar refractivity (Wildman–Crippen MR) is 50.8 cm³/mol. The second kappa shape index (κ2) is 7.76. The Kier molecular flexibility index (Phi) is 7.52. The van der Waals surface area contributed by atoms with Gasteiger partial charge in [0.05, 0.1) is 0 Å². The quantitative estimate of drug-likeness (QED) is 0.540. The van der Waals surface area contributed by atoms with Crippen LogP contribution in [0.4, 0.5) is 0 Å². The minimum Gasteiger partial charge on any atom is -0.316 e. The first-order valence-corrected chi connectivity index (χ1v) is 4.34. The highest BCUT2D eigenvalue weighted by Gasteiger charge is 2.01. The van der Waals surface area contributed by atoms with Crippen molar-refractivity contribution in [3.8, 4) is 0 Å². The van der Waals surface area contributed by atoms with E-state index in [-0.39, 0.29) is 0 Å². The summed E-state index contributed by atoms with van der Waals surface area (Å²) in [6, 6.07) is 0.591. The molecule has 1 unspecified atom stereocenters. The topological polar surface area (TPSA) is 24.1 Å². The number of hydrogen-bond acceptors (Lipinski definition) is 2. The zero-order chi connectivity index (χ0) is 8.53. The number of allylic oxidation sites excluding steroid dienone is 1. The Morgan fingerprint density at radius 1 is 1.55 bits per heavy atom. The van der Waals surface area contributed by atoms with E-state index < -0.39 is 0 Å². The van der Waals surface area contributed by atoms with Crippen molar-refractivity contribution in [1.82, 2.24) is 10.6 Å². The summed E-state index contributed by atoms with van der Waals surface area (Å²) in [5.74, 6) is 0. The van der Waals surface area contributed by atoms with E-state index >= 15 is 0 Å². The summed E-state index contributed by atoms with van der Waals surface area (Å²) < 4.78 is 0. The lowest BCUT2D eigenvalue weighted by Crippen LogP contribution is -2.36. The van der Waals surface area contributed by atoms with E-state index in [9.17, 15) is 0 Å². The second-order valence-electron chi connectivity index (χ2n) is 2.66. The first kappa shape index (κ1) is 10.7. The fraction of sp³-hybridized carbons (Fsp3) is 0.778. The van der Waals surface area contributed by atoms with Gasteiger partial charge in [0.15, 0.2) is 0 Å². The molecule has 2 heteroatoms. The maximum Gasteiger partial charge on any atom is 0.0192 e. The molecule has 1 atom stereocenters. The molecule has 0 saturated heterocycles. The first-order chi connectivity index (χ1) is 5.35. The van der Waals surface area contributed by atoms with E-state index in [1.54, 1.807) is 0 Å². The largest absolute Gasteiger partial charge is 0.316 e. The molecule has 0 aliphatic heterocycles. The highest BCUT2D eigenvalue weighted by Crippen LogP contribution is 1.95. The van der Waals surface area contributed by atoms with Gasteiger partial charge in [0.2, 0.25) is 0 Å². The molecule has 0 bridgehead atoms. The maximum atomic E-state index is 3.70. The molecule has 0 rings (SSSR count). The summed E-state index contributed by atoms with van der Waals surface area (Å²) in [5, 5.41) is 6.57. The highest BCUT2D eigenvalue weighted by molar-refractivity contribution is 4.74. The van der Waals surface area contributed by atoms with Gasteiger partial charge in [-0.1, -0.05) is 13.0 Å². The van der Waals surface area contributed by atoms with Crippen molar-refractivity contribution in [3.63, 3.8) is 0 Å². The minimum absolute atomic E-state index is 0.591. The van der Waals surface area contributed by atoms with Crippen LogP contribution in [-0.2, 0) is 0 Å². The summed E-state index contributed by atoms with van der Waals surface area (Å²) in [5.41, 5.74) is 0. The molecule has 0 amide bonds. The Morgan fingerprint density at radius 2 is 2.27 bits per heavy atom. The molecular formula is C9H20N2. The van der Waals surface area contributed by atoms with Gasteiger partial charge in [-0.15, -0.1) is 6.58 Å². The lowest BCUT2D eigenvalue weighted by Gasteiger charge is -2.14. The molecule has 0 saturated carbocycles. The molecule has 11 heavy (non-hydrogen) atoms. The average Bonchev–Trinajstić information content (AvgIpc) is 2.05. The van der Waals surface area contributed by atoms with Crippen LogP contribution in [0.25, 0.3) is 0 Å². The molecule has 0 aromatic carbocycles. The van der Waals surface area contributed by atoms with Gasteiger partial charge in [0, 0.05) is 12.6 Å². The third-order valence-electron chi connectivity index (χ3n) is 1.77. The average molecular weight is 156 g/mol. The molecule has 0 aliphatic carbocycles. The number of likely N-dealkylation sites (N-methyl/N-ethyl adjacent to an activating group) is 2. The third-order valence-corrected chi connectivity index (χ3v) is 1.77. The van der Waals surface area contributed by atoms with E-state index in [4.69, 9.17) is 0 Å². The number of rotatable bonds is 7. The SMILES string of the molecule is C=CCCC(CNCC)NC. The van der Waals surface area contributed by atoms with Gasteiger partial charge in [0.1, 0.15) is 0 Å². The Hall–Kier alpha value is -0.340. The van der Waals surface area contributed by atoms with E-state index in [2.05, 4.69) is 24.1 Å². The van der Waals surface area contributed by atoms with Crippen LogP contribution in [0, 0.1) is 0 Å². The normalized spacial score (nSPS) is 12.9. The van der Waals surface area contributed by atoms with Gasteiger partial charge >= 0.3 is 0 Å². The van der Waals surface area contributed by atoms with Crippen LogP contribution in [0.3, 0.4) is 0 Å². The maximum absolute atomic E-state index is 3.70. The summed E-state index contributed by atoms with van der Waals surface area (Å²) in [6.45, 7) is 7.93. The molecule has 0 aliphatic rings.